The SMILES string of the molecule is CCCCCCCC(O)CC(O)CCCCCCC. The van der Waals surface area contributed by atoms with Crippen LogP contribution in [0.1, 0.15) is 97.3 Å². The lowest BCUT2D eigenvalue weighted by molar-refractivity contribution is 0.0680. The average Bonchev–Trinajstić information content (AvgIpc) is 2.38. The largest absolute Gasteiger partial charge is 0.393 e. The van der Waals surface area contributed by atoms with Crippen molar-refractivity contribution in [3.05, 3.63) is 0 Å². The van der Waals surface area contributed by atoms with Crippen LogP contribution < -0.4 is 0 Å². The van der Waals surface area contributed by atoms with Gasteiger partial charge in [-0.15, -0.1) is 0 Å². The first-order valence-electron chi connectivity index (χ1n) is 8.56. The molecule has 19 heavy (non-hydrogen) atoms. The summed E-state index contributed by atoms with van der Waals surface area (Å²) < 4.78 is 0. The van der Waals surface area contributed by atoms with Crippen molar-refractivity contribution in [1.82, 2.24) is 0 Å². The number of aliphatic hydroxyl groups excluding tert-OH is 2. The maximum atomic E-state index is 9.86. The lowest BCUT2D eigenvalue weighted by atomic mass is 10.0. The Kier molecular flexibility index (Phi) is 14.3. The molecule has 0 saturated heterocycles. The second-order valence-corrected chi connectivity index (χ2v) is 5.95. The third kappa shape index (κ3) is 14.1. The van der Waals surface area contributed by atoms with Crippen molar-refractivity contribution in [2.24, 2.45) is 0 Å². The Morgan fingerprint density at radius 2 is 0.947 bits per heavy atom. The van der Waals surface area contributed by atoms with Gasteiger partial charge in [-0.25, -0.2) is 0 Å². The van der Waals surface area contributed by atoms with Crippen LogP contribution in [0, 0.1) is 0 Å². The van der Waals surface area contributed by atoms with Crippen LogP contribution in [0.3, 0.4) is 0 Å². The summed E-state index contributed by atoms with van der Waals surface area (Å²) in [6, 6.07) is 0. The Balaban J connectivity index is 3.34. The Bertz CT molecular complexity index is 153. The molecule has 0 aromatic carbocycles. The van der Waals surface area contributed by atoms with Crippen molar-refractivity contribution in [1.29, 1.82) is 0 Å². The van der Waals surface area contributed by atoms with Crippen molar-refractivity contribution in [3.8, 4) is 0 Å². The maximum absolute atomic E-state index is 9.86. The minimum atomic E-state index is -0.299. The predicted molar refractivity (Wildman–Crippen MR) is 83.4 cm³/mol. The molecule has 0 aromatic rings. The zero-order chi connectivity index (χ0) is 14.3. The van der Waals surface area contributed by atoms with Gasteiger partial charge >= 0.3 is 0 Å². The first kappa shape index (κ1) is 18.9. The number of hydrogen-bond donors (Lipinski definition) is 2. The molecule has 0 heterocycles. The van der Waals surface area contributed by atoms with Gasteiger partial charge in [-0.1, -0.05) is 78.1 Å². The molecule has 0 aromatic heterocycles. The van der Waals surface area contributed by atoms with Crippen molar-refractivity contribution < 1.29 is 10.2 Å². The van der Waals surface area contributed by atoms with Gasteiger partial charge in [0.05, 0.1) is 12.2 Å². The third-order valence-electron chi connectivity index (χ3n) is 3.83. The molecule has 0 rings (SSSR count). The van der Waals surface area contributed by atoms with E-state index in [0.29, 0.717) is 6.42 Å². The first-order chi connectivity index (χ1) is 9.20. The summed E-state index contributed by atoms with van der Waals surface area (Å²) in [6.07, 6.45) is 14.0. The van der Waals surface area contributed by atoms with E-state index in [9.17, 15) is 10.2 Å². The van der Waals surface area contributed by atoms with E-state index in [0.717, 1.165) is 25.7 Å². The fourth-order valence-corrected chi connectivity index (χ4v) is 2.52. The molecular weight excluding hydrogens is 236 g/mol. The molecule has 2 heteroatoms. The predicted octanol–water partition coefficient (Wildman–Crippen LogP) is 4.82. The van der Waals surface area contributed by atoms with Crippen LogP contribution in [0.5, 0.6) is 0 Å². The fraction of sp³-hybridized carbons (Fsp3) is 1.00. The van der Waals surface area contributed by atoms with E-state index < -0.39 is 0 Å². The zero-order valence-corrected chi connectivity index (χ0v) is 13.2. The number of aliphatic hydroxyl groups is 2. The second kappa shape index (κ2) is 14.3. The van der Waals surface area contributed by atoms with Gasteiger partial charge in [0.15, 0.2) is 0 Å². The Morgan fingerprint density at radius 1 is 0.579 bits per heavy atom. The summed E-state index contributed by atoms with van der Waals surface area (Å²) >= 11 is 0. The van der Waals surface area contributed by atoms with Crippen molar-refractivity contribution >= 4 is 0 Å². The van der Waals surface area contributed by atoms with E-state index in [2.05, 4.69) is 13.8 Å². The van der Waals surface area contributed by atoms with Gasteiger partial charge in [-0.3, -0.25) is 0 Å². The van der Waals surface area contributed by atoms with Crippen LogP contribution in [-0.4, -0.2) is 22.4 Å². The standard InChI is InChI=1S/C17H36O2/c1-3-5-7-9-11-13-16(18)15-17(19)14-12-10-8-6-4-2/h16-19H,3-15H2,1-2H3. The Labute approximate surface area is 120 Å². The summed E-state index contributed by atoms with van der Waals surface area (Å²) in [5.74, 6) is 0. The quantitative estimate of drug-likeness (QED) is 0.445. The molecule has 116 valence electrons. The summed E-state index contributed by atoms with van der Waals surface area (Å²) in [5.41, 5.74) is 0. The molecule has 0 bridgehead atoms. The number of unbranched alkanes of at least 4 members (excludes halogenated alkanes) is 8. The smallest absolute Gasteiger partial charge is 0.0564 e. The molecule has 0 aliphatic rings. The molecule has 0 amide bonds. The molecule has 0 radical (unpaired) electrons. The van der Waals surface area contributed by atoms with E-state index in [4.69, 9.17) is 0 Å². The van der Waals surface area contributed by atoms with Crippen molar-refractivity contribution in [2.75, 3.05) is 0 Å². The molecule has 2 unspecified atom stereocenters. The normalized spacial score (nSPS) is 14.5. The Morgan fingerprint density at radius 3 is 1.32 bits per heavy atom. The minimum Gasteiger partial charge on any atom is -0.393 e. The highest BCUT2D eigenvalue weighted by Gasteiger charge is 2.11. The lowest BCUT2D eigenvalue weighted by Crippen LogP contribution is -2.17. The van der Waals surface area contributed by atoms with Crippen LogP contribution >= 0.6 is 0 Å². The van der Waals surface area contributed by atoms with Crippen LogP contribution in [-0.2, 0) is 0 Å². The monoisotopic (exact) mass is 272 g/mol. The van der Waals surface area contributed by atoms with Crippen LogP contribution in [0.15, 0.2) is 0 Å². The highest BCUT2D eigenvalue weighted by atomic mass is 16.3. The summed E-state index contributed by atoms with van der Waals surface area (Å²) in [5, 5.41) is 19.7. The van der Waals surface area contributed by atoms with E-state index >= 15 is 0 Å². The highest BCUT2D eigenvalue weighted by molar-refractivity contribution is 4.64. The molecular formula is C17H36O2. The van der Waals surface area contributed by atoms with Crippen LogP contribution in [0.25, 0.3) is 0 Å². The van der Waals surface area contributed by atoms with Gasteiger partial charge in [-0.2, -0.15) is 0 Å². The van der Waals surface area contributed by atoms with Gasteiger partial charge in [0.1, 0.15) is 0 Å². The van der Waals surface area contributed by atoms with Gasteiger partial charge in [-0.05, 0) is 19.3 Å². The zero-order valence-electron chi connectivity index (χ0n) is 13.2. The van der Waals surface area contributed by atoms with Crippen molar-refractivity contribution in [3.63, 3.8) is 0 Å². The number of hydrogen-bond acceptors (Lipinski definition) is 2. The summed E-state index contributed by atoms with van der Waals surface area (Å²) in [4.78, 5) is 0. The maximum Gasteiger partial charge on any atom is 0.0564 e. The van der Waals surface area contributed by atoms with E-state index in [1.807, 2.05) is 0 Å². The molecule has 0 saturated carbocycles. The third-order valence-corrected chi connectivity index (χ3v) is 3.83. The second-order valence-electron chi connectivity index (χ2n) is 5.95. The topological polar surface area (TPSA) is 40.5 Å². The average molecular weight is 272 g/mol. The first-order valence-corrected chi connectivity index (χ1v) is 8.56. The molecule has 0 aliphatic carbocycles. The van der Waals surface area contributed by atoms with E-state index in [1.165, 1.54) is 51.4 Å². The molecule has 2 nitrogen and oxygen atoms in total. The van der Waals surface area contributed by atoms with E-state index in [-0.39, 0.29) is 12.2 Å². The molecule has 0 spiro atoms. The molecule has 2 atom stereocenters. The van der Waals surface area contributed by atoms with Gasteiger partial charge in [0.25, 0.3) is 0 Å². The number of rotatable bonds is 14. The summed E-state index contributed by atoms with van der Waals surface area (Å²) in [7, 11) is 0. The molecule has 2 N–H and O–H groups in total. The lowest BCUT2D eigenvalue weighted by Gasteiger charge is -2.15. The van der Waals surface area contributed by atoms with Crippen LogP contribution in [0.2, 0.25) is 0 Å². The fourth-order valence-electron chi connectivity index (χ4n) is 2.52. The molecule has 0 fully saturated rings. The van der Waals surface area contributed by atoms with Crippen molar-refractivity contribution in [2.45, 2.75) is 110 Å². The van der Waals surface area contributed by atoms with Gasteiger partial charge in [0.2, 0.25) is 0 Å². The van der Waals surface area contributed by atoms with Gasteiger partial charge in [0, 0.05) is 0 Å². The van der Waals surface area contributed by atoms with Gasteiger partial charge < -0.3 is 10.2 Å². The molecule has 0 aliphatic heterocycles. The minimum absolute atomic E-state index is 0.299. The summed E-state index contributed by atoms with van der Waals surface area (Å²) in [6.45, 7) is 4.43. The highest BCUT2D eigenvalue weighted by Crippen LogP contribution is 2.14. The van der Waals surface area contributed by atoms with Crippen LogP contribution in [0.4, 0.5) is 0 Å². The van der Waals surface area contributed by atoms with E-state index in [1.54, 1.807) is 0 Å². The Hall–Kier alpha value is -0.0800.